The average Bonchev–Trinajstić information content (AvgIpc) is 3.33. The molecule has 2 N–H and O–H groups in total. The zero-order chi connectivity index (χ0) is 27.1. The molecule has 0 saturated carbocycles. The Morgan fingerprint density at radius 2 is 1.74 bits per heavy atom. The number of nitrogens with one attached hydrogen (secondary N) is 2. The van der Waals surface area contributed by atoms with E-state index in [-0.39, 0.29) is 23.4 Å². The fraction of sp³-hybridized carbons (Fsp3) is 0.464. The second kappa shape index (κ2) is 12.6. The maximum absolute atomic E-state index is 13.6. The smallest absolute Gasteiger partial charge is 0.266 e. The highest BCUT2D eigenvalue weighted by Crippen LogP contribution is 2.18. The molecule has 4 rings (SSSR count). The molecule has 1 amide bonds. The lowest BCUT2D eigenvalue weighted by Gasteiger charge is -2.32. The van der Waals surface area contributed by atoms with Crippen LogP contribution in [0, 0.1) is 0 Å². The lowest BCUT2D eigenvalue weighted by atomic mass is 10.0. The Bertz CT molecular complexity index is 1300. The second-order valence-electron chi connectivity index (χ2n) is 10.0. The molecule has 3 aromatic rings. The summed E-state index contributed by atoms with van der Waals surface area (Å²) in [5.41, 5.74) is 1.72. The number of hydrogen-bond acceptors (Lipinski definition) is 8. The zero-order valence-corrected chi connectivity index (χ0v) is 22.7. The van der Waals surface area contributed by atoms with Gasteiger partial charge in [-0.25, -0.2) is 13.4 Å². The highest BCUT2D eigenvalue weighted by atomic mass is 32.2. The molecule has 1 saturated heterocycles. The fourth-order valence-corrected chi connectivity index (χ4v) is 6.33. The number of amides is 1. The van der Waals surface area contributed by atoms with Crippen LogP contribution in [0.1, 0.15) is 48.9 Å². The van der Waals surface area contributed by atoms with Crippen molar-refractivity contribution in [1.29, 1.82) is 0 Å². The molecule has 2 aromatic carbocycles. The van der Waals surface area contributed by atoms with Crippen LogP contribution in [-0.2, 0) is 20.4 Å². The molecule has 2 atom stereocenters. The Hall–Kier alpha value is -3.08. The Morgan fingerprint density at radius 1 is 1.05 bits per heavy atom. The maximum Gasteiger partial charge on any atom is 0.266 e. The van der Waals surface area contributed by atoms with E-state index < -0.39 is 33.6 Å². The lowest BCUT2D eigenvalue weighted by molar-refractivity contribution is -0.123. The summed E-state index contributed by atoms with van der Waals surface area (Å²) in [6.45, 7) is 3.63. The quantitative estimate of drug-likeness (QED) is 0.336. The number of para-hydroxylation sites is 2. The summed E-state index contributed by atoms with van der Waals surface area (Å²) in [5, 5.41) is 6.12. The number of nitrogens with zero attached hydrogens (tertiary/aromatic N) is 2. The van der Waals surface area contributed by atoms with Crippen molar-refractivity contribution in [3.63, 3.8) is 0 Å². The molecule has 1 aromatic heterocycles. The van der Waals surface area contributed by atoms with Crippen molar-refractivity contribution in [3.05, 3.63) is 66.1 Å². The zero-order valence-electron chi connectivity index (χ0n) is 21.9. The average molecular weight is 541 g/mol. The maximum atomic E-state index is 13.6. The lowest BCUT2D eigenvalue weighted by Crippen LogP contribution is -2.56. The van der Waals surface area contributed by atoms with Crippen LogP contribution >= 0.6 is 0 Å². The van der Waals surface area contributed by atoms with Gasteiger partial charge in [0.15, 0.2) is 15.4 Å². The van der Waals surface area contributed by atoms with Crippen LogP contribution in [0.5, 0.6) is 0 Å². The fourth-order valence-electron chi connectivity index (χ4n) is 4.76. The Kier molecular flexibility index (Phi) is 9.30. The topological polar surface area (TPSA) is 122 Å². The largest absolute Gasteiger partial charge is 0.434 e. The Balaban J connectivity index is 1.52. The van der Waals surface area contributed by atoms with Crippen LogP contribution in [0.4, 0.5) is 0 Å². The normalized spacial score (nSPS) is 16.8. The molecule has 204 valence electrons. The molecule has 0 radical (unpaired) electrons. The first kappa shape index (κ1) is 27.9. The van der Waals surface area contributed by atoms with Crippen LogP contribution in [0.25, 0.3) is 11.1 Å². The van der Waals surface area contributed by atoms with E-state index in [0.717, 1.165) is 25.9 Å². The minimum atomic E-state index is -3.63. The van der Waals surface area contributed by atoms with Crippen LogP contribution in [0.15, 0.2) is 59.0 Å². The molecule has 9 nitrogen and oxygen atoms in total. The van der Waals surface area contributed by atoms with Gasteiger partial charge < -0.3 is 20.0 Å². The van der Waals surface area contributed by atoms with Gasteiger partial charge in [0.25, 0.3) is 5.89 Å². The number of fused-ring (bicyclic) bond motifs is 1. The molecule has 2 heterocycles. The summed E-state index contributed by atoms with van der Waals surface area (Å²) in [5.74, 6) is -1.53. The number of benzene rings is 2. The van der Waals surface area contributed by atoms with Crippen LogP contribution < -0.4 is 10.6 Å². The number of carbonyl (C=O) groups is 2. The number of ketones is 1. The minimum absolute atomic E-state index is 0.00578. The number of aromatic nitrogens is 1. The predicted molar refractivity (Wildman–Crippen MR) is 147 cm³/mol. The van der Waals surface area contributed by atoms with Gasteiger partial charge in [0.1, 0.15) is 11.6 Å². The summed E-state index contributed by atoms with van der Waals surface area (Å²) in [6, 6.07) is 14.1. The number of hydrogen-bond donors (Lipinski definition) is 2. The van der Waals surface area contributed by atoms with E-state index in [1.54, 1.807) is 48.5 Å². The van der Waals surface area contributed by atoms with Crippen LogP contribution in [0.3, 0.4) is 0 Å². The van der Waals surface area contributed by atoms with Gasteiger partial charge in [0.05, 0.1) is 17.5 Å². The minimum Gasteiger partial charge on any atom is -0.434 e. The van der Waals surface area contributed by atoms with Gasteiger partial charge in [-0.3, -0.25) is 9.59 Å². The van der Waals surface area contributed by atoms with Gasteiger partial charge in [-0.15, -0.1) is 0 Å². The predicted octanol–water partition coefficient (Wildman–Crippen LogP) is 2.96. The van der Waals surface area contributed by atoms with Crippen molar-refractivity contribution in [2.75, 3.05) is 25.9 Å². The molecule has 1 aliphatic heterocycles. The van der Waals surface area contributed by atoms with Crippen molar-refractivity contribution in [3.8, 4) is 0 Å². The Labute approximate surface area is 223 Å². The number of sulfone groups is 1. The standard InChI is InChI=1S/C28H36N4O5S/c1-3-9-23(26(33)28-31-22-12-7-8-13-25(22)37-28)30-27(34)24(29-21-14-16-32(2)17-15-21)19-38(35,36)18-20-10-5-4-6-11-20/h4-8,10-13,21,23-24,29H,3,9,14-19H2,1-2H3,(H,30,34)/t23-,24-/m0/s1. The van der Waals surface area contributed by atoms with E-state index in [1.807, 2.05) is 20.0 Å². The van der Waals surface area contributed by atoms with Crippen molar-refractivity contribution in [2.24, 2.45) is 0 Å². The summed E-state index contributed by atoms with van der Waals surface area (Å²) >= 11 is 0. The van der Waals surface area contributed by atoms with Gasteiger partial charge in [0.2, 0.25) is 11.7 Å². The summed E-state index contributed by atoms with van der Waals surface area (Å²) in [4.78, 5) is 33.3. The molecule has 38 heavy (non-hydrogen) atoms. The number of likely N-dealkylation sites (tertiary alicyclic amines) is 1. The number of oxazole rings is 1. The first-order valence-electron chi connectivity index (χ1n) is 13.1. The highest BCUT2D eigenvalue weighted by Gasteiger charge is 2.33. The Morgan fingerprint density at radius 3 is 2.42 bits per heavy atom. The molecular weight excluding hydrogens is 504 g/mol. The van der Waals surface area contributed by atoms with Crippen LogP contribution in [-0.4, -0.2) is 74.0 Å². The van der Waals surface area contributed by atoms with Crippen LogP contribution in [0.2, 0.25) is 0 Å². The van der Waals surface area contributed by atoms with Gasteiger partial charge in [-0.2, -0.15) is 0 Å². The van der Waals surface area contributed by atoms with Gasteiger partial charge >= 0.3 is 0 Å². The van der Waals surface area contributed by atoms with Gasteiger partial charge in [0, 0.05) is 6.04 Å². The van der Waals surface area contributed by atoms with E-state index >= 15 is 0 Å². The highest BCUT2D eigenvalue weighted by molar-refractivity contribution is 7.90. The monoisotopic (exact) mass is 540 g/mol. The van der Waals surface area contributed by atoms with Crippen molar-refractivity contribution in [2.45, 2.75) is 56.5 Å². The number of Topliss-reactive ketones (excluding diaryl/α,β-unsaturated/α-hetero) is 1. The first-order valence-corrected chi connectivity index (χ1v) is 15.0. The molecule has 0 unspecified atom stereocenters. The molecule has 10 heteroatoms. The van der Waals surface area contributed by atoms with Crippen molar-refractivity contribution >= 4 is 32.6 Å². The second-order valence-corrected chi connectivity index (χ2v) is 12.1. The third kappa shape index (κ3) is 7.49. The molecule has 0 spiro atoms. The van der Waals surface area contributed by atoms with E-state index in [4.69, 9.17) is 4.42 Å². The summed E-state index contributed by atoms with van der Waals surface area (Å²) in [7, 11) is -1.59. The van der Waals surface area contributed by atoms with Crippen molar-refractivity contribution < 1.29 is 22.4 Å². The van der Waals surface area contributed by atoms with E-state index in [2.05, 4.69) is 20.5 Å². The summed E-state index contributed by atoms with van der Waals surface area (Å²) < 4.78 is 32.0. The number of rotatable bonds is 12. The molecule has 0 aliphatic carbocycles. The molecule has 1 aliphatic rings. The number of piperidine rings is 1. The number of carbonyl (C=O) groups excluding carboxylic acids is 2. The van der Waals surface area contributed by atoms with E-state index in [0.29, 0.717) is 29.5 Å². The summed E-state index contributed by atoms with van der Waals surface area (Å²) in [6.07, 6.45) is 2.62. The molecule has 0 bridgehead atoms. The first-order chi connectivity index (χ1) is 18.2. The van der Waals surface area contributed by atoms with E-state index in [1.165, 1.54) is 0 Å². The van der Waals surface area contributed by atoms with Gasteiger partial charge in [-0.1, -0.05) is 55.8 Å². The molecular formula is C28H36N4O5S. The SMILES string of the molecule is CCC[C@H](NC(=O)[C@H](CS(=O)(=O)Cc1ccccc1)NC1CCN(C)CC1)C(=O)c1nc2ccccc2o1. The molecule has 1 fully saturated rings. The van der Waals surface area contributed by atoms with Crippen molar-refractivity contribution in [1.82, 2.24) is 20.5 Å². The third-order valence-corrected chi connectivity index (χ3v) is 8.45. The van der Waals surface area contributed by atoms with E-state index in [9.17, 15) is 18.0 Å². The van der Waals surface area contributed by atoms with Gasteiger partial charge in [-0.05, 0) is 57.1 Å². The third-order valence-electron chi connectivity index (χ3n) is 6.84.